The molecule has 3 atom stereocenters. The van der Waals surface area contributed by atoms with Crippen LogP contribution in [0.25, 0.3) is 0 Å². The highest BCUT2D eigenvalue weighted by molar-refractivity contribution is 8.14. The summed E-state index contributed by atoms with van der Waals surface area (Å²) in [6.07, 6.45) is 1.62. The van der Waals surface area contributed by atoms with E-state index in [-0.39, 0.29) is 17.3 Å². The van der Waals surface area contributed by atoms with Gasteiger partial charge < -0.3 is 4.74 Å². The minimum atomic E-state index is -3.33. The minimum Gasteiger partial charge on any atom is -0.378 e. The first-order chi connectivity index (χ1) is 5.09. The number of hydrogen-bond donors (Lipinski definition) is 0. The summed E-state index contributed by atoms with van der Waals surface area (Å²) >= 11 is 0. The zero-order valence-electron chi connectivity index (χ0n) is 5.86. The molecule has 5 heteroatoms. The standard InChI is InChI=1S/C6H9ClO3S/c7-11(8,9)6-3-5-4(6)1-2-10-5/h4-6H,1-3H2. The van der Waals surface area contributed by atoms with Gasteiger partial charge in [-0.2, -0.15) is 0 Å². The number of ether oxygens (including phenoxy) is 1. The van der Waals surface area contributed by atoms with Crippen molar-refractivity contribution in [3.8, 4) is 0 Å². The quantitative estimate of drug-likeness (QED) is 0.581. The summed E-state index contributed by atoms with van der Waals surface area (Å²) in [5.74, 6) is 0.178. The molecule has 1 saturated heterocycles. The number of fused-ring (bicyclic) bond motifs is 1. The molecule has 2 aliphatic rings. The molecular formula is C6H9ClO3S. The van der Waals surface area contributed by atoms with E-state index in [1.54, 1.807) is 0 Å². The summed E-state index contributed by atoms with van der Waals surface area (Å²) in [7, 11) is 1.89. The fourth-order valence-electron chi connectivity index (χ4n) is 1.86. The molecule has 1 aliphatic carbocycles. The molecular weight excluding hydrogens is 188 g/mol. The summed E-state index contributed by atoms with van der Waals surface area (Å²) in [5.41, 5.74) is 0. The van der Waals surface area contributed by atoms with Crippen molar-refractivity contribution in [1.29, 1.82) is 0 Å². The first kappa shape index (κ1) is 7.83. The van der Waals surface area contributed by atoms with Crippen molar-refractivity contribution in [3.63, 3.8) is 0 Å². The number of rotatable bonds is 1. The van der Waals surface area contributed by atoms with Crippen molar-refractivity contribution in [3.05, 3.63) is 0 Å². The topological polar surface area (TPSA) is 43.4 Å². The Bertz CT molecular complexity index is 261. The fraction of sp³-hybridized carbons (Fsp3) is 1.00. The van der Waals surface area contributed by atoms with E-state index in [2.05, 4.69) is 0 Å². The molecule has 0 N–H and O–H groups in total. The molecule has 0 aromatic heterocycles. The highest BCUT2D eigenvalue weighted by Gasteiger charge is 2.50. The van der Waals surface area contributed by atoms with Gasteiger partial charge in [0.2, 0.25) is 9.05 Å². The molecule has 3 unspecified atom stereocenters. The lowest BCUT2D eigenvalue weighted by Gasteiger charge is -2.36. The van der Waals surface area contributed by atoms with E-state index in [9.17, 15) is 8.42 Å². The molecule has 1 saturated carbocycles. The van der Waals surface area contributed by atoms with Gasteiger partial charge in [-0.05, 0) is 12.8 Å². The maximum Gasteiger partial charge on any atom is 0.235 e. The maximum absolute atomic E-state index is 10.9. The van der Waals surface area contributed by atoms with Crippen LogP contribution in [0.5, 0.6) is 0 Å². The Labute approximate surface area is 70.1 Å². The first-order valence-electron chi connectivity index (χ1n) is 3.64. The second-order valence-electron chi connectivity index (χ2n) is 3.11. The Hall–Kier alpha value is 0.200. The SMILES string of the molecule is O=S(=O)(Cl)C1CC2OCCC21. The highest BCUT2D eigenvalue weighted by Crippen LogP contribution is 2.43. The molecule has 1 heterocycles. The second kappa shape index (κ2) is 2.34. The lowest BCUT2D eigenvalue weighted by Crippen LogP contribution is -2.45. The molecule has 2 rings (SSSR count). The van der Waals surface area contributed by atoms with Crippen LogP contribution < -0.4 is 0 Å². The van der Waals surface area contributed by atoms with Crippen LogP contribution in [0.2, 0.25) is 0 Å². The minimum absolute atomic E-state index is 0.175. The van der Waals surface area contributed by atoms with Crippen LogP contribution in [-0.4, -0.2) is 26.4 Å². The van der Waals surface area contributed by atoms with Gasteiger partial charge in [0.1, 0.15) is 0 Å². The van der Waals surface area contributed by atoms with E-state index < -0.39 is 9.05 Å². The number of halogens is 1. The summed E-state index contributed by atoms with van der Waals surface area (Å²) < 4.78 is 27.0. The van der Waals surface area contributed by atoms with Crippen molar-refractivity contribution in [2.45, 2.75) is 24.2 Å². The first-order valence-corrected chi connectivity index (χ1v) is 6.01. The van der Waals surface area contributed by atoms with E-state index in [1.165, 1.54) is 0 Å². The van der Waals surface area contributed by atoms with E-state index in [1.807, 2.05) is 0 Å². The third-order valence-electron chi connectivity index (χ3n) is 2.56. The largest absolute Gasteiger partial charge is 0.378 e. The molecule has 0 aromatic rings. The Morgan fingerprint density at radius 1 is 1.45 bits per heavy atom. The molecule has 0 aromatic carbocycles. The van der Waals surface area contributed by atoms with Gasteiger partial charge >= 0.3 is 0 Å². The lowest BCUT2D eigenvalue weighted by atomic mass is 9.81. The smallest absolute Gasteiger partial charge is 0.235 e. The van der Waals surface area contributed by atoms with Gasteiger partial charge in [0.05, 0.1) is 11.4 Å². The van der Waals surface area contributed by atoms with Gasteiger partial charge in [-0.3, -0.25) is 0 Å². The lowest BCUT2D eigenvalue weighted by molar-refractivity contribution is 0.0373. The zero-order valence-corrected chi connectivity index (χ0v) is 7.44. The monoisotopic (exact) mass is 196 g/mol. The summed E-state index contributed by atoms with van der Waals surface area (Å²) in [6, 6.07) is 0. The van der Waals surface area contributed by atoms with Gasteiger partial charge in [-0.15, -0.1) is 0 Å². The maximum atomic E-state index is 10.9. The fourth-order valence-corrected chi connectivity index (χ4v) is 3.63. The average molecular weight is 197 g/mol. The van der Waals surface area contributed by atoms with Crippen molar-refractivity contribution in [2.24, 2.45) is 5.92 Å². The van der Waals surface area contributed by atoms with Gasteiger partial charge in [-0.25, -0.2) is 8.42 Å². The summed E-state index contributed by atoms with van der Waals surface area (Å²) in [6.45, 7) is 0.693. The van der Waals surface area contributed by atoms with Crippen molar-refractivity contribution < 1.29 is 13.2 Å². The van der Waals surface area contributed by atoms with Gasteiger partial charge in [0, 0.05) is 23.2 Å². The van der Waals surface area contributed by atoms with Crippen LogP contribution in [0.3, 0.4) is 0 Å². The predicted molar refractivity (Wildman–Crippen MR) is 41.0 cm³/mol. The third-order valence-corrected chi connectivity index (χ3v) is 4.52. The predicted octanol–water partition coefficient (Wildman–Crippen LogP) is 0.732. The Balaban J connectivity index is 2.12. The van der Waals surface area contributed by atoms with E-state index in [4.69, 9.17) is 15.4 Å². The van der Waals surface area contributed by atoms with Crippen molar-refractivity contribution in [1.82, 2.24) is 0 Å². The van der Waals surface area contributed by atoms with Crippen molar-refractivity contribution in [2.75, 3.05) is 6.61 Å². The molecule has 2 fully saturated rings. The van der Waals surface area contributed by atoms with Crippen LogP contribution >= 0.6 is 10.7 Å². The Kier molecular flexibility index (Phi) is 1.67. The molecule has 11 heavy (non-hydrogen) atoms. The average Bonchev–Trinajstić information content (AvgIpc) is 2.08. The summed E-state index contributed by atoms with van der Waals surface area (Å²) in [4.78, 5) is 0. The molecule has 0 bridgehead atoms. The Morgan fingerprint density at radius 3 is 2.73 bits per heavy atom. The molecule has 1 aliphatic heterocycles. The zero-order chi connectivity index (χ0) is 8.06. The van der Waals surface area contributed by atoms with Crippen LogP contribution in [0.4, 0.5) is 0 Å². The van der Waals surface area contributed by atoms with Crippen LogP contribution in [0.15, 0.2) is 0 Å². The molecule has 0 spiro atoms. The van der Waals surface area contributed by atoms with Crippen LogP contribution in [0.1, 0.15) is 12.8 Å². The highest BCUT2D eigenvalue weighted by atomic mass is 35.7. The normalized spacial score (nSPS) is 43.2. The second-order valence-corrected chi connectivity index (χ2v) is 5.96. The van der Waals surface area contributed by atoms with Crippen LogP contribution in [0, 0.1) is 5.92 Å². The van der Waals surface area contributed by atoms with E-state index >= 15 is 0 Å². The Morgan fingerprint density at radius 2 is 2.18 bits per heavy atom. The van der Waals surface area contributed by atoms with Crippen molar-refractivity contribution >= 4 is 19.7 Å². The van der Waals surface area contributed by atoms with Gasteiger partial charge in [0.25, 0.3) is 0 Å². The molecule has 3 nitrogen and oxygen atoms in total. The molecule has 64 valence electrons. The van der Waals surface area contributed by atoms with Gasteiger partial charge in [0.15, 0.2) is 0 Å². The van der Waals surface area contributed by atoms with Crippen LogP contribution in [-0.2, 0) is 13.8 Å². The van der Waals surface area contributed by atoms with E-state index in [0.717, 1.165) is 6.42 Å². The summed E-state index contributed by atoms with van der Waals surface area (Å²) in [5, 5.41) is -0.336. The van der Waals surface area contributed by atoms with E-state index in [0.29, 0.717) is 13.0 Å². The van der Waals surface area contributed by atoms with Gasteiger partial charge in [-0.1, -0.05) is 0 Å². The molecule has 0 radical (unpaired) electrons. The number of hydrogen-bond acceptors (Lipinski definition) is 3. The third kappa shape index (κ3) is 1.17. The molecule has 0 amide bonds.